The Labute approximate surface area is 122 Å². The number of pyridine rings is 1. The molecule has 100 valence electrons. The third-order valence-corrected chi connectivity index (χ3v) is 4.68. The van der Waals surface area contributed by atoms with E-state index in [-0.39, 0.29) is 5.56 Å². The number of nitrogen functional groups attached to an aromatic ring is 1. The molecular weight excluding hydrogens is 294 g/mol. The normalized spacial score (nSPS) is 10.8. The Balaban J connectivity index is 2.00. The molecule has 0 saturated heterocycles. The van der Waals surface area contributed by atoms with Gasteiger partial charge in [0.15, 0.2) is 4.34 Å². The van der Waals surface area contributed by atoms with E-state index >= 15 is 0 Å². The summed E-state index contributed by atoms with van der Waals surface area (Å²) in [6.45, 7) is 0. The second-order valence-corrected chi connectivity index (χ2v) is 6.24. The highest BCUT2D eigenvalue weighted by Gasteiger charge is 2.15. The first-order valence-corrected chi connectivity index (χ1v) is 7.29. The van der Waals surface area contributed by atoms with Gasteiger partial charge >= 0.3 is 5.97 Å². The van der Waals surface area contributed by atoms with E-state index in [4.69, 9.17) is 5.73 Å². The molecule has 0 atom stereocenters. The lowest BCUT2D eigenvalue weighted by molar-refractivity contribution is 0.0692. The third-order valence-electron chi connectivity index (χ3n) is 2.56. The average molecular weight is 303 g/mol. The second kappa shape index (κ2) is 5.10. The number of carbonyl (C=O) groups is 1. The number of hydrogen-bond acceptors (Lipinski definition) is 6. The van der Waals surface area contributed by atoms with Gasteiger partial charge < -0.3 is 10.8 Å². The summed E-state index contributed by atoms with van der Waals surface area (Å²) in [6, 6.07) is 9.17. The van der Waals surface area contributed by atoms with E-state index in [1.807, 2.05) is 24.3 Å². The highest BCUT2D eigenvalue weighted by Crippen LogP contribution is 2.35. The van der Waals surface area contributed by atoms with Gasteiger partial charge in [0, 0.05) is 0 Å². The number of anilines is 1. The van der Waals surface area contributed by atoms with Crippen molar-refractivity contribution in [3.63, 3.8) is 0 Å². The van der Waals surface area contributed by atoms with Crippen LogP contribution in [0.5, 0.6) is 0 Å². The van der Waals surface area contributed by atoms with E-state index in [9.17, 15) is 9.90 Å². The van der Waals surface area contributed by atoms with Gasteiger partial charge in [-0.05, 0) is 30.0 Å². The molecule has 7 heteroatoms. The lowest BCUT2D eigenvalue weighted by Crippen LogP contribution is -2.02. The molecule has 2 heterocycles. The Morgan fingerprint density at radius 1 is 1.35 bits per heavy atom. The minimum Gasteiger partial charge on any atom is -0.478 e. The number of fused-ring (bicyclic) bond motifs is 1. The number of carboxylic acids is 1. The Morgan fingerprint density at radius 2 is 2.15 bits per heavy atom. The van der Waals surface area contributed by atoms with E-state index in [0.29, 0.717) is 10.7 Å². The monoisotopic (exact) mass is 303 g/mol. The highest BCUT2D eigenvalue weighted by molar-refractivity contribution is 8.01. The number of carboxylic acid groups (broad SMARTS) is 1. The zero-order valence-corrected chi connectivity index (χ0v) is 11.7. The molecular formula is C13H9N3O2S2. The molecule has 3 N–H and O–H groups in total. The molecule has 0 aliphatic rings. The summed E-state index contributed by atoms with van der Waals surface area (Å²) < 4.78 is 1.81. The predicted octanol–water partition coefficient (Wildman–Crippen LogP) is 3.12. The summed E-state index contributed by atoms with van der Waals surface area (Å²) in [6.07, 6.45) is 1.45. The highest BCUT2D eigenvalue weighted by atomic mass is 32.2. The fraction of sp³-hybridized carbons (Fsp3) is 0. The van der Waals surface area contributed by atoms with Crippen LogP contribution in [-0.4, -0.2) is 21.0 Å². The number of aromatic carboxylic acids is 1. The molecule has 1 aromatic carbocycles. The number of para-hydroxylation sites is 1. The van der Waals surface area contributed by atoms with Gasteiger partial charge in [0.1, 0.15) is 5.03 Å². The average Bonchev–Trinajstić information content (AvgIpc) is 2.82. The molecule has 0 bridgehead atoms. The van der Waals surface area contributed by atoms with E-state index in [1.165, 1.54) is 35.4 Å². The molecule has 5 nitrogen and oxygen atoms in total. The molecule has 0 amide bonds. The van der Waals surface area contributed by atoms with Crippen LogP contribution >= 0.6 is 23.1 Å². The molecule has 0 spiro atoms. The molecule has 0 unspecified atom stereocenters. The topological polar surface area (TPSA) is 89.1 Å². The standard InChI is InChI=1S/C13H9N3O2S2/c14-7-5-8(12(17)18)11(15-6-7)20-13-16-9-3-1-2-4-10(9)19-13/h1-6H,14H2,(H,17,18). The van der Waals surface area contributed by atoms with Crippen LogP contribution in [-0.2, 0) is 0 Å². The molecule has 2 aromatic heterocycles. The van der Waals surface area contributed by atoms with E-state index < -0.39 is 5.97 Å². The summed E-state index contributed by atoms with van der Waals surface area (Å²) in [5.74, 6) is -1.05. The Bertz CT molecular complexity index is 768. The van der Waals surface area contributed by atoms with Crippen molar-refractivity contribution in [1.29, 1.82) is 0 Å². The summed E-state index contributed by atoms with van der Waals surface area (Å²) in [5, 5.41) is 9.58. The van der Waals surface area contributed by atoms with Crippen LogP contribution in [0.25, 0.3) is 10.2 Å². The van der Waals surface area contributed by atoms with Crippen LogP contribution in [0.1, 0.15) is 10.4 Å². The van der Waals surface area contributed by atoms with Crippen molar-refractivity contribution in [2.45, 2.75) is 9.37 Å². The number of nitrogens with zero attached hydrogens (tertiary/aromatic N) is 2. The predicted molar refractivity (Wildman–Crippen MR) is 79.4 cm³/mol. The number of rotatable bonds is 3. The molecule has 3 rings (SSSR count). The second-order valence-electron chi connectivity index (χ2n) is 3.98. The molecule has 3 aromatic rings. The van der Waals surface area contributed by atoms with E-state index in [1.54, 1.807) is 0 Å². The van der Waals surface area contributed by atoms with Gasteiger partial charge in [-0.25, -0.2) is 14.8 Å². The zero-order chi connectivity index (χ0) is 14.1. The third kappa shape index (κ3) is 2.45. The minimum atomic E-state index is -1.05. The van der Waals surface area contributed by atoms with Crippen molar-refractivity contribution < 1.29 is 9.90 Å². The first kappa shape index (κ1) is 12.9. The molecule has 0 fully saturated rings. The number of aromatic nitrogens is 2. The molecule has 0 radical (unpaired) electrons. The van der Waals surface area contributed by atoms with Crippen molar-refractivity contribution in [2.24, 2.45) is 0 Å². The van der Waals surface area contributed by atoms with Crippen molar-refractivity contribution in [3.8, 4) is 0 Å². The quantitative estimate of drug-likeness (QED) is 0.772. The van der Waals surface area contributed by atoms with Gasteiger partial charge in [0.2, 0.25) is 0 Å². The lowest BCUT2D eigenvalue weighted by Gasteiger charge is -2.03. The fourth-order valence-electron chi connectivity index (χ4n) is 1.68. The number of thiazole rings is 1. The maximum atomic E-state index is 11.2. The SMILES string of the molecule is Nc1cnc(Sc2nc3ccccc3s2)c(C(=O)O)c1. The number of benzene rings is 1. The molecule has 0 aliphatic heterocycles. The molecule has 0 aliphatic carbocycles. The van der Waals surface area contributed by atoms with Crippen molar-refractivity contribution in [2.75, 3.05) is 5.73 Å². The first-order valence-electron chi connectivity index (χ1n) is 5.66. The van der Waals surface area contributed by atoms with E-state index in [0.717, 1.165) is 14.6 Å². The van der Waals surface area contributed by atoms with Crippen LogP contribution in [0.15, 0.2) is 45.9 Å². The van der Waals surface area contributed by atoms with Gasteiger partial charge in [0.25, 0.3) is 0 Å². The molecule has 20 heavy (non-hydrogen) atoms. The minimum absolute atomic E-state index is 0.0919. The van der Waals surface area contributed by atoms with Crippen LogP contribution in [0.2, 0.25) is 0 Å². The van der Waals surface area contributed by atoms with Crippen LogP contribution in [0, 0.1) is 0 Å². The fourth-order valence-corrected chi connectivity index (χ4v) is 3.72. The van der Waals surface area contributed by atoms with Crippen molar-refractivity contribution >= 4 is 45.0 Å². The molecule has 0 saturated carbocycles. The van der Waals surface area contributed by atoms with Gasteiger partial charge in [-0.15, -0.1) is 11.3 Å². The maximum absolute atomic E-state index is 11.2. The first-order chi connectivity index (χ1) is 9.63. The van der Waals surface area contributed by atoms with Crippen LogP contribution in [0.3, 0.4) is 0 Å². The summed E-state index contributed by atoms with van der Waals surface area (Å²) in [5.41, 5.74) is 6.89. The Kier molecular flexibility index (Phi) is 3.29. The summed E-state index contributed by atoms with van der Waals surface area (Å²) >= 11 is 2.74. The number of nitrogens with two attached hydrogens (primary N) is 1. The lowest BCUT2D eigenvalue weighted by atomic mass is 10.3. The number of hydrogen-bond donors (Lipinski definition) is 2. The summed E-state index contributed by atoms with van der Waals surface area (Å²) in [4.78, 5) is 19.7. The van der Waals surface area contributed by atoms with Crippen LogP contribution < -0.4 is 5.73 Å². The Morgan fingerprint density at radius 3 is 2.90 bits per heavy atom. The largest absolute Gasteiger partial charge is 0.478 e. The Hall–Kier alpha value is -2.12. The van der Waals surface area contributed by atoms with Crippen molar-refractivity contribution in [3.05, 3.63) is 42.1 Å². The zero-order valence-electron chi connectivity index (χ0n) is 10.1. The smallest absolute Gasteiger partial charge is 0.338 e. The van der Waals surface area contributed by atoms with Gasteiger partial charge in [0.05, 0.1) is 27.7 Å². The van der Waals surface area contributed by atoms with Gasteiger partial charge in [-0.3, -0.25) is 0 Å². The van der Waals surface area contributed by atoms with E-state index in [2.05, 4.69) is 9.97 Å². The maximum Gasteiger partial charge on any atom is 0.338 e. The van der Waals surface area contributed by atoms with Crippen LogP contribution in [0.4, 0.5) is 5.69 Å². The summed E-state index contributed by atoms with van der Waals surface area (Å²) in [7, 11) is 0. The van der Waals surface area contributed by atoms with Crippen molar-refractivity contribution in [1.82, 2.24) is 9.97 Å². The van der Waals surface area contributed by atoms with Gasteiger partial charge in [-0.2, -0.15) is 0 Å². The van der Waals surface area contributed by atoms with Gasteiger partial charge in [-0.1, -0.05) is 12.1 Å².